The average molecular weight is 319 g/mol. The summed E-state index contributed by atoms with van der Waals surface area (Å²) in [7, 11) is 0. The normalized spacial score (nSPS) is 13.8. The number of pyridine rings is 2. The molecule has 1 N–H and O–H groups in total. The van der Waals surface area contributed by atoms with E-state index in [1.165, 1.54) is 0 Å². The van der Waals surface area contributed by atoms with E-state index in [1.54, 1.807) is 24.5 Å². The predicted octanol–water partition coefficient (Wildman–Crippen LogP) is 2.73. The first-order chi connectivity index (χ1) is 11.7. The van der Waals surface area contributed by atoms with Crippen molar-refractivity contribution >= 4 is 16.7 Å². The number of fused-ring (bicyclic) bond motifs is 1. The maximum Gasteiger partial charge on any atom is 0.270 e. The molecule has 0 saturated heterocycles. The topological polar surface area (TPSA) is 66.1 Å². The Bertz CT molecular complexity index is 945. The van der Waals surface area contributed by atoms with Gasteiger partial charge in [0, 0.05) is 30.4 Å². The monoisotopic (exact) mass is 319 g/mol. The molecule has 4 rings (SSSR count). The second-order valence-electron chi connectivity index (χ2n) is 6.12. The number of aromatic nitrogens is 2. The first-order valence-electron chi connectivity index (χ1n) is 8.04. The molecular weight excluding hydrogens is 302 g/mol. The number of aromatic amines is 1. The Hall–Kier alpha value is -2.95. The highest BCUT2D eigenvalue weighted by molar-refractivity contribution is 5.96. The molecule has 1 aromatic carbocycles. The van der Waals surface area contributed by atoms with Gasteiger partial charge in [-0.1, -0.05) is 24.3 Å². The SMILES string of the molecule is O=C(c1cc2ccccc2c(=O)[nH]1)N(Cc1cccnc1)C1CC1. The highest BCUT2D eigenvalue weighted by Crippen LogP contribution is 2.29. The van der Waals surface area contributed by atoms with Gasteiger partial charge < -0.3 is 9.88 Å². The number of H-pyrrole nitrogens is 1. The minimum atomic E-state index is -0.228. The summed E-state index contributed by atoms with van der Waals surface area (Å²) in [6, 6.07) is 13.1. The molecule has 3 aromatic rings. The first-order valence-corrected chi connectivity index (χ1v) is 8.04. The minimum absolute atomic E-state index is 0.135. The second kappa shape index (κ2) is 5.92. The Morgan fingerprint density at radius 2 is 2.04 bits per heavy atom. The third kappa shape index (κ3) is 2.80. The van der Waals surface area contributed by atoms with Crippen LogP contribution in [0.4, 0.5) is 0 Å². The first kappa shape index (κ1) is 14.6. The quantitative estimate of drug-likeness (QED) is 0.804. The van der Waals surface area contributed by atoms with E-state index in [0.29, 0.717) is 17.6 Å². The number of nitrogens with zero attached hydrogens (tertiary/aromatic N) is 2. The largest absolute Gasteiger partial charge is 0.330 e. The summed E-state index contributed by atoms with van der Waals surface area (Å²) in [5.41, 5.74) is 1.10. The number of carbonyl (C=O) groups is 1. The van der Waals surface area contributed by atoms with E-state index < -0.39 is 0 Å². The number of carbonyl (C=O) groups excluding carboxylic acids is 1. The van der Waals surface area contributed by atoms with Gasteiger partial charge in [0.15, 0.2) is 0 Å². The summed E-state index contributed by atoms with van der Waals surface area (Å²) < 4.78 is 0. The summed E-state index contributed by atoms with van der Waals surface area (Å²) >= 11 is 0. The van der Waals surface area contributed by atoms with Crippen molar-refractivity contribution in [3.63, 3.8) is 0 Å². The molecule has 2 aromatic heterocycles. The van der Waals surface area contributed by atoms with Crippen LogP contribution >= 0.6 is 0 Å². The molecule has 1 amide bonds. The Balaban J connectivity index is 1.69. The van der Waals surface area contributed by atoms with E-state index in [2.05, 4.69) is 9.97 Å². The summed E-state index contributed by atoms with van der Waals surface area (Å²) in [6.45, 7) is 0.506. The maximum absolute atomic E-state index is 13.0. The van der Waals surface area contributed by atoms with E-state index >= 15 is 0 Å². The number of amides is 1. The van der Waals surface area contributed by atoms with Crippen LogP contribution in [0.25, 0.3) is 10.8 Å². The maximum atomic E-state index is 13.0. The van der Waals surface area contributed by atoms with E-state index in [4.69, 9.17) is 0 Å². The van der Waals surface area contributed by atoms with Crippen LogP contribution in [-0.4, -0.2) is 26.8 Å². The minimum Gasteiger partial charge on any atom is -0.330 e. The van der Waals surface area contributed by atoms with Crippen LogP contribution in [0.3, 0.4) is 0 Å². The Morgan fingerprint density at radius 1 is 1.21 bits per heavy atom. The molecule has 0 atom stereocenters. The molecule has 0 radical (unpaired) electrons. The lowest BCUT2D eigenvalue weighted by molar-refractivity contribution is 0.0723. The lowest BCUT2D eigenvalue weighted by Gasteiger charge is -2.22. The lowest BCUT2D eigenvalue weighted by atomic mass is 10.1. The zero-order valence-corrected chi connectivity index (χ0v) is 13.1. The molecule has 1 saturated carbocycles. The number of hydrogen-bond donors (Lipinski definition) is 1. The summed E-state index contributed by atoms with van der Waals surface area (Å²) in [5.74, 6) is -0.135. The molecular formula is C19H17N3O2. The Morgan fingerprint density at radius 3 is 2.79 bits per heavy atom. The van der Waals surface area contributed by atoms with Crippen LogP contribution in [0, 0.1) is 0 Å². The fourth-order valence-corrected chi connectivity index (χ4v) is 2.92. The summed E-state index contributed by atoms with van der Waals surface area (Å²) in [6.07, 6.45) is 5.49. The predicted molar refractivity (Wildman–Crippen MR) is 91.7 cm³/mol. The van der Waals surface area contributed by atoms with Gasteiger partial charge in [-0.2, -0.15) is 0 Å². The summed E-state index contributed by atoms with van der Waals surface area (Å²) in [5, 5.41) is 1.38. The van der Waals surface area contributed by atoms with Gasteiger partial charge in [0.1, 0.15) is 5.69 Å². The van der Waals surface area contributed by atoms with Gasteiger partial charge in [0.05, 0.1) is 0 Å². The van der Waals surface area contributed by atoms with Gasteiger partial charge in [0.25, 0.3) is 11.5 Å². The van der Waals surface area contributed by atoms with Crippen LogP contribution in [0.15, 0.2) is 59.7 Å². The van der Waals surface area contributed by atoms with Gasteiger partial charge in [0.2, 0.25) is 0 Å². The molecule has 1 aliphatic carbocycles. The Kier molecular flexibility index (Phi) is 3.61. The van der Waals surface area contributed by atoms with Gasteiger partial charge >= 0.3 is 0 Å². The van der Waals surface area contributed by atoms with Crippen molar-refractivity contribution in [1.29, 1.82) is 0 Å². The van der Waals surface area contributed by atoms with E-state index in [-0.39, 0.29) is 17.5 Å². The molecule has 1 fully saturated rings. The van der Waals surface area contributed by atoms with E-state index in [9.17, 15) is 9.59 Å². The molecule has 0 bridgehead atoms. The number of hydrogen-bond acceptors (Lipinski definition) is 3. The zero-order valence-electron chi connectivity index (χ0n) is 13.1. The average Bonchev–Trinajstić information content (AvgIpc) is 3.45. The van der Waals surface area contributed by atoms with Crippen molar-refractivity contribution in [2.45, 2.75) is 25.4 Å². The number of nitrogens with one attached hydrogen (secondary N) is 1. The van der Waals surface area contributed by atoms with Gasteiger partial charge in [-0.3, -0.25) is 14.6 Å². The molecule has 120 valence electrons. The third-order valence-corrected chi connectivity index (χ3v) is 4.31. The fourth-order valence-electron chi connectivity index (χ4n) is 2.92. The smallest absolute Gasteiger partial charge is 0.270 e. The highest BCUT2D eigenvalue weighted by atomic mass is 16.2. The van der Waals surface area contributed by atoms with Crippen LogP contribution < -0.4 is 5.56 Å². The van der Waals surface area contributed by atoms with Gasteiger partial charge in [-0.05, 0) is 42.0 Å². The molecule has 2 heterocycles. The summed E-state index contributed by atoms with van der Waals surface area (Å²) in [4.78, 5) is 33.9. The van der Waals surface area contributed by atoms with Crippen molar-refractivity contribution in [2.24, 2.45) is 0 Å². The fraction of sp³-hybridized carbons (Fsp3) is 0.211. The van der Waals surface area contributed by atoms with Crippen molar-refractivity contribution in [3.8, 4) is 0 Å². The van der Waals surface area contributed by atoms with E-state index in [0.717, 1.165) is 23.8 Å². The molecule has 0 unspecified atom stereocenters. The van der Waals surface area contributed by atoms with Crippen LogP contribution in [0.1, 0.15) is 28.9 Å². The van der Waals surface area contributed by atoms with Crippen molar-refractivity contribution in [1.82, 2.24) is 14.9 Å². The lowest BCUT2D eigenvalue weighted by Crippen LogP contribution is -2.34. The molecule has 0 aliphatic heterocycles. The van der Waals surface area contributed by atoms with E-state index in [1.807, 2.05) is 35.2 Å². The third-order valence-electron chi connectivity index (χ3n) is 4.31. The second-order valence-corrected chi connectivity index (χ2v) is 6.12. The molecule has 0 spiro atoms. The molecule has 5 heteroatoms. The molecule has 5 nitrogen and oxygen atoms in total. The Labute approximate surface area is 139 Å². The van der Waals surface area contributed by atoms with Crippen LogP contribution in [0.2, 0.25) is 0 Å². The highest BCUT2D eigenvalue weighted by Gasteiger charge is 2.33. The van der Waals surface area contributed by atoms with Crippen molar-refractivity contribution < 1.29 is 4.79 Å². The van der Waals surface area contributed by atoms with Crippen LogP contribution in [0.5, 0.6) is 0 Å². The molecule has 1 aliphatic rings. The number of rotatable bonds is 4. The van der Waals surface area contributed by atoms with Crippen LogP contribution in [-0.2, 0) is 6.54 Å². The van der Waals surface area contributed by atoms with Gasteiger partial charge in [-0.25, -0.2) is 0 Å². The van der Waals surface area contributed by atoms with Crippen molar-refractivity contribution in [3.05, 3.63) is 76.5 Å². The molecule has 24 heavy (non-hydrogen) atoms. The zero-order chi connectivity index (χ0) is 16.5. The number of benzene rings is 1. The van der Waals surface area contributed by atoms with Crippen molar-refractivity contribution in [2.75, 3.05) is 0 Å². The standard InChI is InChI=1S/C19H17N3O2/c23-18-16-6-2-1-5-14(16)10-17(21-18)19(24)22(15-7-8-15)12-13-4-3-9-20-11-13/h1-6,9-11,15H,7-8,12H2,(H,21,23). The van der Waals surface area contributed by atoms with Gasteiger partial charge in [-0.15, -0.1) is 0 Å².